The summed E-state index contributed by atoms with van der Waals surface area (Å²) >= 11 is 5.84. The largest absolute Gasteiger partial charge is 0.269 e. The second kappa shape index (κ2) is 3.70. The molecule has 2 amide bonds. The molecule has 0 aromatic heterocycles. The van der Waals surface area contributed by atoms with Crippen LogP contribution in [0.3, 0.4) is 0 Å². The first-order valence-electron chi connectivity index (χ1n) is 6.55. The van der Waals surface area contributed by atoms with Gasteiger partial charge in [-0.15, -0.1) is 0 Å². The van der Waals surface area contributed by atoms with Gasteiger partial charge in [0.1, 0.15) is 0 Å². The van der Waals surface area contributed by atoms with E-state index in [1.165, 1.54) is 4.90 Å². The summed E-state index contributed by atoms with van der Waals surface area (Å²) in [5, 5.41) is 0.600. The molecule has 96 valence electrons. The van der Waals surface area contributed by atoms with Gasteiger partial charge in [0.15, 0.2) is 0 Å². The van der Waals surface area contributed by atoms with Crippen molar-refractivity contribution in [2.24, 2.45) is 11.8 Å². The maximum atomic E-state index is 12.5. The van der Waals surface area contributed by atoms with Crippen LogP contribution in [-0.2, 0) is 9.59 Å². The minimum Gasteiger partial charge on any atom is -0.269 e. The normalized spacial score (nSPS) is 28.6. The molecule has 4 heteroatoms. The van der Waals surface area contributed by atoms with Crippen LogP contribution < -0.4 is 4.90 Å². The van der Waals surface area contributed by atoms with E-state index in [1.807, 2.05) is 0 Å². The highest BCUT2D eigenvalue weighted by Gasteiger charge is 2.52. The van der Waals surface area contributed by atoms with E-state index in [0.29, 0.717) is 22.5 Å². The molecule has 1 fully saturated rings. The molecule has 3 nitrogen and oxygen atoms in total. The van der Waals surface area contributed by atoms with Crippen LogP contribution >= 0.6 is 11.6 Å². The van der Waals surface area contributed by atoms with Gasteiger partial charge in [0.25, 0.3) is 11.8 Å². The Kier molecular flexibility index (Phi) is 2.19. The van der Waals surface area contributed by atoms with Crippen LogP contribution in [0.1, 0.15) is 19.3 Å². The van der Waals surface area contributed by atoms with Crippen LogP contribution in [0, 0.1) is 11.8 Å². The summed E-state index contributed by atoms with van der Waals surface area (Å²) in [6.07, 6.45) is 3.10. The molecule has 1 aromatic carbocycles. The van der Waals surface area contributed by atoms with Crippen LogP contribution in [0.5, 0.6) is 0 Å². The standard InChI is InChI=1S/C15H12ClNO2/c16-10-3-5-11(6-4-10)17-14(18)12-8-1-2-9(7-8)13(12)15(17)19/h3-6,8-9H,1-2,7H2. The Morgan fingerprint density at radius 1 is 0.947 bits per heavy atom. The van der Waals surface area contributed by atoms with E-state index in [2.05, 4.69) is 0 Å². The van der Waals surface area contributed by atoms with Gasteiger partial charge in [-0.2, -0.15) is 0 Å². The van der Waals surface area contributed by atoms with Crippen LogP contribution in [0.25, 0.3) is 0 Å². The molecule has 1 aromatic rings. The smallest absolute Gasteiger partial charge is 0.262 e. The number of anilines is 1. The summed E-state index contributed by atoms with van der Waals surface area (Å²) in [4.78, 5) is 26.3. The molecule has 2 aliphatic carbocycles. The highest BCUT2D eigenvalue weighted by atomic mass is 35.5. The summed E-state index contributed by atoms with van der Waals surface area (Å²) in [6, 6.07) is 6.86. The van der Waals surface area contributed by atoms with Gasteiger partial charge in [-0.1, -0.05) is 11.6 Å². The number of nitrogens with zero attached hydrogens (tertiary/aromatic N) is 1. The maximum absolute atomic E-state index is 12.5. The third kappa shape index (κ3) is 1.39. The number of carbonyl (C=O) groups excluding carboxylic acids is 2. The van der Waals surface area contributed by atoms with E-state index in [4.69, 9.17) is 11.6 Å². The van der Waals surface area contributed by atoms with Gasteiger partial charge in [0.05, 0.1) is 5.69 Å². The molecule has 1 heterocycles. The summed E-state index contributed by atoms with van der Waals surface area (Å²) in [5.41, 5.74) is 2.20. The lowest BCUT2D eigenvalue weighted by molar-refractivity contribution is -0.121. The van der Waals surface area contributed by atoms with Crippen LogP contribution in [-0.4, -0.2) is 11.8 Å². The summed E-state index contributed by atoms with van der Waals surface area (Å²) in [7, 11) is 0. The monoisotopic (exact) mass is 273 g/mol. The zero-order valence-electron chi connectivity index (χ0n) is 10.2. The summed E-state index contributed by atoms with van der Waals surface area (Å²) < 4.78 is 0. The van der Waals surface area contributed by atoms with E-state index >= 15 is 0 Å². The lowest BCUT2D eigenvalue weighted by Gasteiger charge is -2.18. The molecule has 2 unspecified atom stereocenters. The number of fused-ring (bicyclic) bond motifs is 4. The van der Waals surface area contributed by atoms with Gasteiger partial charge < -0.3 is 0 Å². The fraction of sp³-hybridized carbons (Fsp3) is 0.333. The number of benzene rings is 1. The summed E-state index contributed by atoms with van der Waals surface area (Å²) in [5.74, 6) is 0.395. The summed E-state index contributed by atoms with van der Waals surface area (Å²) in [6.45, 7) is 0. The number of halogens is 1. The Morgan fingerprint density at radius 3 is 2.00 bits per heavy atom. The zero-order chi connectivity index (χ0) is 13.1. The molecule has 4 rings (SSSR count). The van der Waals surface area contributed by atoms with E-state index < -0.39 is 0 Å². The van der Waals surface area contributed by atoms with Gasteiger partial charge in [-0.05, 0) is 55.4 Å². The zero-order valence-corrected chi connectivity index (χ0v) is 11.0. The average molecular weight is 274 g/mol. The van der Waals surface area contributed by atoms with E-state index in [-0.39, 0.29) is 11.8 Å². The third-order valence-corrected chi connectivity index (χ3v) is 4.74. The topological polar surface area (TPSA) is 37.4 Å². The van der Waals surface area contributed by atoms with Crippen molar-refractivity contribution in [1.29, 1.82) is 0 Å². The van der Waals surface area contributed by atoms with Gasteiger partial charge in [0.2, 0.25) is 0 Å². The number of amides is 2. The Hall–Kier alpha value is -1.61. The Labute approximate surface area is 115 Å². The van der Waals surface area contributed by atoms with Crippen molar-refractivity contribution in [3.8, 4) is 0 Å². The van der Waals surface area contributed by atoms with Gasteiger partial charge in [-0.3, -0.25) is 9.59 Å². The van der Waals surface area contributed by atoms with Crippen molar-refractivity contribution in [3.05, 3.63) is 40.4 Å². The van der Waals surface area contributed by atoms with E-state index in [0.717, 1.165) is 30.4 Å². The average Bonchev–Trinajstić information content (AvgIpc) is 3.06. The van der Waals surface area contributed by atoms with Gasteiger partial charge >= 0.3 is 0 Å². The number of rotatable bonds is 1. The first kappa shape index (κ1) is 11.2. The molecule has 0 spiro atoms. The number of carbonyl (C=O) groups is 2. The molecular weight excluding hydrogens is 262 g/mol. The lowest BCUT2D eigenvalue weighted by Crippen LogP contribution is -2.33. The molecule has 2 bridgehead atoms. The Balaban J connectivity index is 1.76. The minimum absolute atomic E-state index is 0.116. The molecule has 19 heavy (non-hydrogen) atoms. The second-order valence-corrected chi connectivity index (χ2v) is 5.89. The Bertz CT molecular complexity index is 600. The number of hydrogen-bond donors (Lipinski definition) is 0. The number of imide groups is 1. The van der Waals surface area contributed by atoms with Crippen molar-refractivity contribution in [3.63, 3.8) is 0 Å². The quantitative estimate of drug-likeness (QED) is 0.738. The third-order valence-electron chi connectivity index (χ3n) is 4.49. The van der Waals surface area contributed by atoms with Crippen molar-refractivity contribution < 1.29 is 9.59 Å². The van der Waals surface area contributed by atoms with Crippen LogP contribution in [0.2, 0.25) is 5.02 Å². The van der Waals surface area contributed by atoms with Crippen molar-refractivity contribution >= 4 is 29.1 Å². The second-order valence-electron chi connectivity index (χ2n) is 5.46. The predicted molar refractivity (Wildman–Crippen MR) is 71.8 cm³/mol. The van der Waals surface area contributed by atoms with Gasteiger partial charge in [-0.25, -0.2) is 4.90 Å². The molecule has 1 saturated carbocycles. The Morgan fingerprint density at radius 2 is 1.47 bits per heavy atom. The fourth-order valence-corrected chi connectivity index (χ4v) is 3.81. The fourth-order valence-electron chi connectivity index (χ4n) is 3.68. The van der Waals surface area contributed by atoms with Crippen LogP contribution in [0.4, 0.5) is 5.69 Å². The molecule has 1 aliphatic heterocycles. The van der Waals surface area contributed by atoms with E-state index in [1.54, 1.807) is 24.3 Å². The SMILES string of the molecule is O=C1C2=C(C(=O)N1c1ccc(Cl)cc1)C1CCC2C1. The highest BCUT2D eigenvalue weighted by Crippen LogP contribution is 2.52. The lowest BCUT2D eigenvalue weighted by atomic mass is 9.93. The molecule has 0 N–H and O–H groups in total. The molecule has 2 atom stereocenters. The van der Waals surface area contributed by atoms with Crippen molar-refractivity contribution in [1.82, 2.24) is 0 Å². The number of hydrogen-bond acceptors (Lipinski definition) is 2. The highest BCUT2D eigenvalue weighted by molar-refractivity contribution is 6.34. The minimum atomic E-state index is -0.116. The first-order chi connectivity index (χ1) is 9.16. The molecular formula is C15H12ClNO2. The molecule has 3 aliphatic rings. The first-order valence-corrected chi connectivity index (χ1v) is 6.93. The van der Waals surface area contributed by atoms with Crippen molar-refractivity contribution in [2.75, 3.05) is 4.90 Å². The van der Waals surface area contributed by atoms with Crippen LogP contribution in [0.15, 0.2) is 35.4 Å². The van der Waals surface area contributed by atoms with Crippen molar-refractivity contribution in [2.45, 2.75) is 19.3 Å². The molecule has 0 radical (unpaired) electrons. The maximum Gasteiger partial charge on any atom is 0.262 e. The predicted octanol–water partition coefficient (Wildman–Crippen LogP) is 2.94. The molecule has 0 saturated heterocycles. The van der Waals surface area contributed by atoms with Gasteiger partial charge in [0, 0.05) is 16.2 Å². The van der Waals surface area contributed by atoms with E-state index in [9.17, 15) is 9.59 Å².